The average molecular weight is 328 g/mol. The van der Waals surface area contributed by atoms with Gasteiger partial charge in [-0.1, -0.05) is 26.2 Å². The van der Waals surface area contributed by atoms with E-state index >= 15 is 0 Å². The van der Waals surface area contributed by atoms with E-state index in [1.54, 1.807) is 0 Å². The van der Waals surface area contributed by atoms with Crippen LogP contribution in [0.15, 0.2) is 0 Å². The molecule has 0 aromatic heterocycles. The number of phosphoric acid groups is 1. The molecular formula is C12H25O8P. The Kier molecular flexibility index (Phi) is 10.0. The van der Waals surface area contributed by atoms with Crippen LogP contribution in [0.4, 0.5) is 0 Å². The Hall–Kier alpha value is -0.500. The molecule has 0 bridgehead atoms. The van der Waals surface area contributed by atoms with Crippen LogP contribution in [0.3, 0.4) is 0 Å². The summed E-state index contributed by atoms with van der Waals surface area (Å²) in [5.74, 6) is -0.478. The Balaban J connectivity index is 4.24. The molecule has 0 spiro atoms. The molecule has 0 rings (SSSR count). The number of unbranched alkanes of at least 4 members (excludes halogenated alkanes) is 3. The lowest BCUT2D eigenvalue weighted by Crippen LogP contribution is -2.40. The summed E-state index contributed by atoms with van der Waals surface area (Å²) in [6.07, 6.45) is 3.91. The number of aliphatic hydroxyl groups is 2. The normalized spacial score (nSPS) is 12.4. The number of phosphoric ester groups is 1. The van der Waals surface area contributed by atoms with Crippen LogP contribution in [0.25, 0.3) is 0 Å². The topological polar surface area (TPSA) is 134 Å². The molecule has 9 heteroatoms. The van der Waals surface area contributed by atoms with Gasteiger partial charge in [-0.25, -0.2) is 4.57 Å². The third-order valence-corrected chi connectivity index (χ3v) is 3.45. The number of esters is 1. The number of aliphatic hydroxyl groups excluding tert-OH is 2. The van der Waals surface area contributed by atoms with E-state index in [-0.39, 0.29) is 13.0 Å². The first-order valence-corrected chi connectivity index (χ1v) is 8.39. The van der Waals surface area contributed by atoms with Gasteiger partial charge < -0.3 is 24.7 Å². The Labute approximate surface area is 124 Å². The van der Waals surface area contributed by atoms with Gasteiger partial charge in [0.2, 0.25) is 0 Å². The number of hydrogen-bond acceptors (Lipinski definition) is 6. The zero-order chi connectivity index (χ0) is 16.4. The minimum atomic E-state index is -4.72. The van der Waals surface area contributed by atoms with Crippen LogP contribution < -0.4 is 0 Å². The van der Waals surface area contributed by atoms with E-state index in [0.29, 0.717) is 6.42 Å². The smallest absolute Gasteiger partial charge is 0.465 e. The second kappa shape index (κ2) is 10.3. The lowest BCUT2D eigenvalue weighted by Gasteiger charge is -2.28. The fourth-order valence-electron chi connectivity index (χ4n) is 1.50. The van der Waals surface area contributed by atoms with Crippen molar-refractivity contribution >= 4 is 13.8 Å². The summed E-state index contributed by atoms with van der Waals surface area (Å²) < 4.78 is 19.9. The Bertz CT molecular complexity index is 336. The van der Waals surface area contributed by atoms with Crippen LogP contribution in [0.1, 0.15) is 39.0 Å². The molecule has 126 valence electrons. The van der Waals surface area contributed by atoms with Gasteiger partial charge in [0.15, 0.2) is 0 Å². The number of carbonyl (C=O) groups is 1. The SMILES string of the molecule is CCCCCCC(=O)OCC(CO)(CO)COP(=O)(O)O. The molecule has 0 aromatic rings. The average Bonchev–Trinajstić information content (AvgIpc) is 2.43. The predicted octanol–water partition coefficient (Wildman–Crippen LogP) is 0.580. The molecule has 0 aliphatic heterocycles. The molecule has 0 saturated carbocycles. The molecule has 4 N–H and O–H groups in total. The molecule has 0 unspecified atom stereocenters. The zero-order valence-corrected chi connectivity index (χ0v) is 13.1. The number of rotatable bonds is 12. The Morgan fingerprint density at radius 3 is 2.19 bits per heavy atom. The van der Waals surface area contributed by atoms with E-state index in [1.165, 1.54) is 0 Å². The summed E-state index contributed by atoms with van der Waals surface area (Å²) in [7, 11) is -4.72. The highest BCUT2D eigenvalue weighted by atomic mass is 31.2. The van der Waals surface area contributed by atoms with Crippen LogP contribution in [0.2, 0.25) is 0 Å². The number of carbonyl (C=O) groups excluding carboxylic acids is 1. The summed E-state index contributed by atoms with van der Waals surface area (Å²) in [5, 5.41) is 18.5. The van der Waals surface area contributed by atoms with E-state index in [2.05, 4.69) is 11.4 Å². The van der Waals surface area contributed by atoms with Crippen molar-refractivity contribution in [3.05, 3.63) is 0 Å². The van der Waals surface area contributed by atoms with Crippen molar-refractivity contribution in [2.75, 3.05) is 26.4 Å². The highest BCUT2D eigenvalue weighted by Crippen LogP contribution is 2.38. The van der Waals surface area contributed by atoms with Crippen molar-refractivity contribution in [3.8, 4) is 0 Å². The molecule has 0 amide bonds. The van der Waals surface area contributed by atoms with Crippen LogP contribution in [-0.4, -0.2) is 52.4 Å². The van der Waals surface area contributed by atoms with Gasteiger partial charge in [-0.05, 0) is 6.42 Å². The third kappa shape index (κ3) is 9.95. The number of hydrogen-bond donors (Lipinski definition) is 4. The van der Waals surface area contributed by atoms with Crippen LogP contribution in [-0.2, 0) is 18.6 Å². The summed E-state index contributed by atoms with van der Waals surface area (Å²) in [5.41, 5.74) is -1.43. The van der Waals surface area contributed by atoms with Gasteiger partial charge in [-0.2, -0.15) is 0 Å². The minimum absolute atomic E-state index is 0.228. The first kappa shape index (κ1) is 20.5. The summed E-state index contributed by atoms with van der Waals surface area (Å²) in [6, 6.07) is 0. The van der Waals surface area contributed by atoms with E-state index in [1.807, 2.05) is 0 Å². The molecule has 0 aliphatic rings. The maximum Gasteiger partial charge on any atom is 0.469 e. The van der Waals surface area contributed by atoms with Crippen molar-refractivity contribution in [2.45, 2.75) is 39.0 Å². The summed E-state index contributed by atoms with van der Waals surface area (Å²) in [4.78, 5) is 28.8. The zero-order valence-electron chi connectivity index (χ0n) is 12.2. The van der Waals surface area contributed by atoms with Crippen LogP contribution >= 0.6 is 7.82 Å². The highest BCUT2D eigenvalue weighted by Gasteiger charge is 2.34. The van der Waals surface area contributed by atoms with Crippen molar-refractivity contribution < 1.29 is 38.6 Å². The molecule has 0 aromatic carbocycles. The molecule has 21 heavy (non-hydrogen) atoms. The van der Waals surface area contributed by atoms with E-state index in [9.17, 15) is 19.6 Å². The fourth-order valence-corrected chi connectivity index (χ4v) is 1.94. The lowest BCUT2D eigenvalue weighted by molar-refractivity contribution is -0.151. The summed E-state index contributed by atoms with van der Waals surface area (Å²) >= 11 is 0. The maximum absolute atomic E-state index is 11.5. The van der Waals surface area contributed by atoms with E-state index < -0.39 is 39.0 Å². The quantitative estimate of drug-likeness (QED) is 0.232. The molecule has 0 aliphatic carbocycles. The first-order chi connectivity index (χ1) is 9.78. The Morgan fingerprint density at radius 1 is 1.10 bits per heavy atom. The minimum Gasteiger partial charge on any atom is -0.465 e. The molecule has 0 heterocycles. The molecule has 0 atom stereocenters. The van der Waals surface area contributed by atoms with Crippen molar-refractivity contribution in [2.24, 2.45) is 5.41 Å². The summed E-state index contributed by atoms with van der Waals surface area (Å²) in [6.45, 7) is -0.199. The fraction of sp³-hybridized carbons (Fsp3) is 0.917. The second-order valence-electron chi connectivity index (χ2n) is 5.05. The van der Waals surface area contributed by atoms with Crippen LogP contribution in [0.5, 0.6) is 0 Å². The van der Waals surface area contributed by atoms with Gasteiger partial charge >= 0.3 is 13.8 Å². The maximum atomic E-state index is 11.5. The first-order valence-electron chi connectivity index (χ1n) is 6.86. The van der Waals surface area contributed by atoms with Crippen molar-refractivity contribution in [1.29, 1.82) is 0 Å². The van der Waals surface area contributed by atoms with Crippen molar-refractivity contribution in [3.63, 3.8) is 0 Å². The largest absolute Gasteiger partial charge is 0.469 e. The molecular weight excluding hydrogens is 303 g/mol. The van der Waals surface area contributed by atoms with Gasteiger partial charge in [-0.15, -0.1) is 0 Å². The molecule has 0 saturated heterocycles. The Morgan fingerprint density at radius 2 is 1.71 bits per heavy atom. The van der Waals surface area contributed by atoms with Gasteiger partial charge in [0, 0.05) is 6.42 Å². The van der Waals surface area contributed by atoms with Crippen molar-refractivity contribution in [1.82, 2.24) is 0 Å². The van der Waals surface area contributed by atoms with E-state index in [4.69, 9.17) is 14.5 Å². The lowest BCUT2D eigenvalue weighted by atomic mass is 9.93. The van der Waals surface area contributed by atoms with Gasteiger partial charge in [-0.3, -0.25) is 9.32 Å². The monoisotopic (exact) mass is 328 g/mol. The molecule has 0 radical (unpaired) electrons. The van der Waals surface area contributed by atoms with Gasteiger partial charge in [0.05, 0.1) is 25.2 Å². The molecule has 0 fully saturated rings. The third-order valence-electron chi connectivity index (χ3n) is 2.98. The van der Waals surface area contributed by atoms with Gasteiger partial charge in [0.1, 0.15) is 6.61 Å². The highest BCUT2D eigenvalue weighted by molar-refractivity contribution is 7.46. The predicted molar refractivity (Wildman–Crippen MR) is 74.3 cm³/mol. The number of ether oxygens (including phenoxy) is 1. The molecule has 8 nitrogen and oxygen atoms in total. The second-order valence-corrected chi connectivity index (χ2v) is 6.29. The standard InChI is InChI=1S/C12H25O8P/c1-2-3-4-5-6-11(15)19-9-12(7-13,8-14)10-20-21(16,17)18/h13-14H,2-10H2,1H3,(H2,16,17,18). The van der Waals surface area contributed by atoms with Crippen LogP contribution in [0, 0.1) is 5.41 Å². The van der Waals surface area contributed by atoms with Gasteiger partial charge in [0.25, 0.3) is 0 Å². The van der Waals surface area contributed by atoms with E-state index in [0.717, 1.165) is 19.3 Å².